The molecule has 26 heavy (non-hydrogen) atoms. The van der Waals surface area contributed by atoms with E-state index in [0.717, 1.165) is 11.1 Å². The molecule has 0 fully saturated rings. The van der Waals surface area contributed by atoms with Gasteiger partial charge in [-0.05, 0) is 48.4 Å². The van der Waals surface area contributed by atoms with Gasteiger partial charge in [-0.1, -0.05) is 57.9 Å². The number of nitrogens with one attached hydrogen (secondary N) is 1. The minimum absolute atomic E-state index is 0.122. The molecule has 1 N–H and O–H groups in total. The molecule has 1 amide bonds. The minimum Gasteiger partial charge on any atom is -0.484 e. The van der Waals surface area contributed by atoms with Crippen molar-refractivity contribution in [3.05, 3.63) is 82.6 Å². The second-order valence-electron chi connectivity index (χ2n) is 5.85. The number of halogens is 2. The molecule has 0 unspecified atom stereocenters. The lowest BCUT2D eigenvalue weighted by atomic mass is 10.0. The van der Waals surface area contributed by atoms with Gasteiger partial charge in [-0.3, -0.25) is 4.79 Å². The lowest BCUT2D eigenvalue weighted by Gasteiger charge is -2.09. The zero-order valence-corrected chi connectivity index (χ0v) is 15.7. The Morgan fingerprint density at radius 2 is 1.62 bits per heavy atom. The van der Waals surface area contributed by atoms with Gasteiger partial charge in [0.2, 0.25) is 0 Å². The van der Waals surface area contributed by atoms with Crippen molar-refractivity contribution in [3.8, 4) is 16.9 Å². The number of anilines is 1. The van der Waals surface area contributed by atoms with Crippen LogP contribution in [0.3, 0.4) is 0 Å². The van der Waals surface area contributed by atoms with Gasteiger partial charge in [-0.2, -0.15) is 0 Å². The van der Waals surface area contributed by atoms with E-state index in [4.69, 9.17) is 4.74 Å². The molecule has 0 aromatic heterocycles. The van der Waals surface area contributed by atoms with Gasteiger partial charge in [0.25, 0.3) is 5.91 Å². The van der Waals surface area contributed by atoms with Crippen LogP contribution in [0.4, 0.5) is 10.1 Å². The quantitative estimate of drug-likeness (QED) is 0.592. The fourth-order valence-corrected chi connectivity index (χ4v) is 2.75. The van der Waals surface area contributed by atoms with Crippen LogP contribution in [0.25, 0.3) is 11.1 Å². The molecule has 3 aromatic rings. The zero-order valence-electron chi connectivity index (χ0n) is 14.1. The van der Waals surface area contributed by atoms with Gasteiger partial charge in [0.15, 0.2) is 6.61 Å². The van der Waals surface area contributed by atoms with Gasteiger partial charge in [0.05, 0.1) is 5.69 Å². The van der Waals surface area contributed by atoms with Crippen molar-refractivity contribution in [1.29, 1.82) is 0 Å². The summed E-state index contributed by atoms with van der Waals surface area (Å²) in [6.07, 6.45) is 0. The van der Waals surface area contributed by atoms with Gasteiger partial charge in [-0.15, -0.1) is 0 Å². The maximum absolute atomic E-state index is 13.7. The third kappa shape index (κ3) is 4.70. The van der Waals surface area contributed by atoms with E-state index in [0.29, 0.717) is 10.2 Å². The first-order valence-electron chi connectivity index (χ1n) is 8.06. The first kappa shape index (κ1) is 18.1. The van der Waals surface area contributed by atoms with Crippen molar-refractivity contribution in [2.75, 3.05) is 11.9 Å². The van der Waals surface area contributed by atoms with E-state index in [-0.39, 0.29) is 12.3 Å². The number of carbonyl (C=O) groups is 1. The summed E-state index contributed by atoms with van der Waals surface area (Å²) in [4.78, 5) is 11.9. The van der Waals surface area contributed by atoms with Crippen molar-refractivity contribution in [2.45, 2.75) is 6.92 Å². The van der Waals surface area contributed by atoms with Crippen LogP contribution in [0.2, 0.25) is 0 Å². The van der Waals surface area contributed by atoms with Gasteiger partial charge < -0.3 is 10.1 Å². The molecule has 3 rings (SSSR count). The number of amides is 1. The summed E-state index contributed by atoms with van der Waals surface area (Å²) in [6, 6.07) is 20.2. The highest BCUT2D eigenvalue weighted by Crippen LogP contribution is 2.23. The molecule has 0 spiro atoms. The average molecular weight is 414 g/mol. The van der Waals surface area contributed by atoms with E-state index in [2.05, 4.69) is 45.5 Å². The van der Waals surface area contributed by atoms with E-state index in [1.807, 2.05) is 31.2 Å². The van der Waals surface area contributed by atoms with E-state index in [9.17, 15) is 9.18 Å². The molecule has 0 aliphatic carbocycles. The summed E-state index contributed by atoms with van der Waals surface area (Å²) >= 11 is 3.17. The number of hydrogen-bond acceptors (Lipinski definition) is 2. The molecular formula is C21H17BrFNO2. The topological polar surface area (TPSA) is 38.3 Å². The number of hydrogen-bond donors (Lipinski definition) is 1. The highest BCUT2D eigenvalue weighted by Gasteiger charge is 2.08. The van der Waals surface area contributed by atoms with Crippen LogP contribution in [-0.4, -0.2) is 12.5 Å². The second-order valence-corrected chi connectivity index (χ2v) is 6.77. The van der Waals surface area contributed by atoms with Crippen LogP contribution in [-0.2, 0) is 4.79 Å². The molecule has 0 atom stereocenters. The third-order valence-electron chi connectivity index (χ3n) is 3.81. The molecule has 0 aliphatic rings. The van der Waals surface area contributed by atoms with Crippen LogP contribution in [0.5, 0.6) is 5.75 Å². The number of benzene rings is 3. The van der Waals surface area contributed by atoms with Crippen LogP contribution >= 0.6 is 15.9 Å². The van der Waals surface area contributed by atoms with E-state index < -0.39 is 11.7 Å². The van der Waals surface area contributed by atoms with Gasteiger partial charge in [0, 0.05) is 4.47 Å². The van der Waals surface area contributed by atoms with Crippen LogP contribution in [0, 0.1) is 12.7 Å². The SMILES string of the molecule is Cc1ccc(-c2ccc(OCC(=O)Nc3ccc(Br)cc3F)cc2)cc1. The summed E-state index contributed by atoms with van der Waals surface area (Å²) in [5.41, 5.74) is 3.52. The Bertz CT molecular complexity index is 908. The van der Waals surface area contributed by atoms with Gasteiger partial charge >= 0.3 is 0 Å². The standard InChI is InChI=1S/C21H17BrFNO2/c1-14-2-4-15(5-3-14)16-6-9-18(10-7-16)26-13-21(25)24-20-11-8-17(22)12-19(20)23/h2-12H,13H2,1H3,(H,24,25). The van der Waals surface area contributed by atoms with Crippen molar-refractivity contribution in [1.82, 2.24) is 0 Å². The van der Waals surface area contributed by atoms with E-state index in [1.165, 1.54) is 17.7 Å². The Morgan fingerprint density at radius 3 is 2.23 bits per heavy atom. The molecule has 0 aliphatic heterocycles. The average Bonchev–Trinajstić information content (AvgIpc) is 2.63. The smallest absolute Gasteiger partial charge is 0.262 e. The third-order valence-corrected chi connectivity index (χ3v) is 4.31. The Hall–Kier alpha value is -2.66. The van der Waals surface area contributed by atoms with Crippen molar-refractivity contribution >= 4 is 27.5 Å². The fraction of sp³-hybridized carbons (Fsp3) is 0.0952. The zero-order chi connectivity index (χ0) is 18.5. The van der Waals surface area contributed by atoms with Crippen LogP contribution in [0.15, 0.2) is 71.2 Å². The molecule has 132 valence electrons. The molecule has 0 heterocycles. The first-order valence-corrected chi connectivity index (χ1v) is 8.85. The molecule has 5 heteroatoms. The maximum Gasteiger partial charge on any atom is 0.262 e. The number of carbonyl (C=O) groups excluding carboxylic acids is 1. The highest BCUT2D eigenvalue weighted by atomic mass is 79.9. The van der Waals surface area contributed by atoms with E-state index >= 15 is 0 Å². The summed E-state index contributed by atoms with van der Waals surface area (Å²) < 4.78 is 19.8. The van der Waals surface area contributed by atoms with Crippen molar-refractivity contribution < 1.29 is 13.9 Å². The van der Waals surface area contributed by atoms with Crippen LogP contribution < -0.4 is 10.1 Å². The molecule has 3 aromatic carbocycles. The molecule has 0 radical (unpaired) electrons. The largest absolute Gasteiger partial charge is 0.484 e. The Kier molecular flexibility index (Phi) is 5.68. The fourth-order valence-electron chi connectivity index (χ4n) is 2.42. The summed E-state index contributed by atoms with van der Waals surface area (Å²) in [6.45, 7) is 1.85. The predicted molar refractivity (Wildman–Crippen MR) is 105 cm³/mol. The Labute approximate surface area is 159 Å². The predicted octanol–water partition coefficient (Wildman–Crippen LogP) is 5.58. The number of aryl methyl sites for hydroxylation is 1. The minimum atomic E-state index is -0.504. The van der Waals surface area contributed by atoms with Gasteiger partial charge in [0.1, 0.15) is 11.6 Å². The normalized spacial score (nSPS) is 10.4. The summed E-state index contributed by atoms with van der Waals surface area (Å²) in [5, 5.41) is 2.49. The molecule has 3 nitrogen and oxygen atoms in total. The second kappa shape index (κ2) is 8.15. The monoisotopic (exact) mass is 413 g/mol. The molecule has 0 bridgehead atoms. The number of ether oxygens (including phenoxy) is 1. The lowest BCUT2D eigenvalue weighted by Crippen LogP contribution is -2.20. The first-order chi connectivity index (χ1) is 12.5. The molecular weight excluding hydrogens is 397 g/mol. The van der Waals surface area contributed by atoms with E-state index in [1.54, 1.807) is 6.07 Å². The van der Waals surface area contributed by atoms with Gasteiger partial charge in [-0.25, -0.2) is 4.39 Å². The molecule has 0 saturated heterocycles. The Balaban J connectivity index is 1.57. The Morgan fingerprint density at radius 1 is 1.00 bits per heavy atom. The van der Waals surface area contributed by atoms with Crippen molar-refractivity contribution in [3.63, 3.8) is 0 Å². The number of rotatable bonds is 5. The summed E-state index contributed by atoms with van der Waals surface area (Å²) in [7, 11) is 0. The van der Waals surface area contributed by atoms with Crippen molar-refractivity contribution in [2.24, 2.45) is 0 Å². The lowest BCUT2D eigenvalue weighted by molar-refractivity contribution is -0.118. The summed E-state index contributed by atoms with van der Waals surface area (Å²) in [5.74, 6) is -0.351. The highest BCUT2D eigenvalue weighted by molar-refractivity contribution is 9.10. The van der Waals surface area contributed by atoms with Crippen LogP contribution in [0.1, 0.15) is 5.56 Å². The maximum atomic E-state index is 13.7. The molecule has 0 saturated carbocycles.